The fourth-order valence-electron chi connectivity index (χ4n) is 1.44. The summed E-state index contributed by atoms with van der Waals surface area (Å²) in [5.41, 5.74) is -0.128. The first-order chi connectivity index (χ1) is 7.69. The van der Waals surface area contributed by atoms with Gasteiger partial charge in [-0.2, -0.15) is 0 Å². The molecule has 0 radical (unpaired) electrons. The molecule has 0 aliphatic carbocycles. The Morgan fingerprint density at radius 3 is 2.44 bits per heavy atom. The number of methoxy groups -OCH3 is 2. The molecule has 1 heterocycles. The van der Waals surface area contributed by atoms with E-state index in [1.165, 1.54) is 14.2 Å². The Bertz CT molecular complexity index is 234. The van der Waals surface area contributed by atoms with Crippen LogP contribution in [-0.4, -0.2) is 44.0 Å². The molecular weight excluding hydrogens is 232 g/mol. The molecule has 0 aromatic carbocycles. The average Bonchev–Trinajstić information content (AvgIpc) is 2.35. The Balaban J connectivity index is 2.54. The summed E-state index contributed by atoms with van der Waals surface area (Å²) >= 11 is 1.61. The first-order valence-electron chi connectivity index (χ1n) is 5.08. The number of rotatable bonds is 4. The SMILES string of the molecule is COC(=O)C(CC1OCCCS1)C(=O)OC. The van der Waals surface area contributed by atoms with Gasteiger partial charge in [-0.3, -0.25) is 9.59 Å². The standard InChI is InChI=1S/C10H16O5S/c1-13-9(11)7(10(12)14-2)6-8-15-4-3-5-16-8/h7-8H,3-6H2,1-2H3. The van der Waals surface area contributed by atoms with Crippen LogP contribution in [0, 0.1) is 5.92 Å². The van der Waals surface area contributed by atoms with E-state index in [1.807, 2.05) is 0 Å². The van der Waals surface area contributed by atoms with Crippen molar-refractivity contribution in [1.29, 1.82) is 0 Å². The lowest BCUT2D eigenvalue weighted by Gasteiger charge is -2.24. The molecule has 1 saturated heterocycles. The number of ether oxygens (including phenoxy) is 3. The van der Waals surface area contributed by atoms with E-state index >= 15 is 0 Å². The van der Waals surface area contributed by atoms with E-state index in [-0.39, 0.29) is 5.44 Å². The summed E-state index contributed by atoms with van der Waals surface area (Å²) in [7, 11) is 2.51. The van der Waals surface area contributed by atoms with Gasteiger partial charge in [0.05, 0.1) is 14.2 Å². The summed E-state index contributed by atoms with van der Waals surface area (Å²) in [5, 5.41) is 0. The molecule has 1 atom stereocenters. The molecule has 0 aromatic heterocycles. The van der Waals surface area contributed by atoms with Gasteiger partial charge in [0.1, 0.15) is 5.44 Å². The third-order valence-corrected chi connectivity index (χ3v) is 3.52. The Morgan fingerprint density at radius 2 is 2.00 bits per heavy atom. The molecule has 0 aromatic rings. The number of hydrogen-bond acceptors (Lipinski definition) is 6. The van der Waals surface area contributed by atoms with Gasteiger partial charge in [0.15, 0.2) is 5.92 Å². The number of carbonyl (C=O) groups excluding carboxylic acids is 2. The van der Waals surface area contributed by atoms with Crippen LogP contribution in [0.3, 0.4) is 0 Å². The third kappa shape index (κ3) is 3.68. The van der Waals surface area contributed by atoms with Crippen LogP contribution < -0.4 is 0 Å². The first kappa shape index (κ1) is 13.3. The van der Waals surface area contributed by atoms with Crippen LogP contribution >= 0.6 is 11.8 Å². The fraction of sp³-hybridized carbons (Fsp3) is 0.800. The van der Waals surface area contributed by atoms with Crippen molar-refractivity contribution in [1.82, 2.24) is 0 Å². The van der Waals surface area contributed by atoms with E-state index in [4.69, 9.17) is 4.74 Å². The van der Waals surface area contributed by atoms with Crippen LogP contribution in [0.5, 0.6) is 0 Å². The second-order valence-electron chi connectivity index (χ2n) is 3.36. The average molecular weight is 248 g/mol. The monoisotopic (exact) mass is 248 g/mol. The third-order valence-electron chi connectivity index (χ3n) is 2.30. The van der Waals surface area contributed by atoms with Crippen molar-refractivity contribution in [3.05, 3.63) is 0 Å². The summed E-state index contributed by atoms with van der Waals surface area (Å²) < 4.78 is 14.6. The molecule has 16 heavy (non-hydrogen) atoms. The number of thioether (sulfide) groups is 1. The second-order valence-corrected chi connectivity index (χ2v) is 4.63. The predicted octanol–water partition coefficient (Wildman–Crippen LogP) is 0.818. The van der Waals surface area contributed by atoms with Gasteiger partial charge in [-0.05, 0) is 12.2 Å². The van der Waals surface area contributed by atoms with Crippen LogP contribution in [0.2, 0.25) is 0 Å². The minimum atomic E-state index is -0.884. The molecule has 0 N–H and O–H groups in total. The summed E-state index contributed by atoms with van der Waals surface area (Å²) in [6, 6.07) is 0. The van der Waals surface area contributed by atoms with Crippen molar-refractivity contribution in [2.24, 2.45) is 5.92 Å². The Labute approximate surface area is 98.8 Å². The zero-order chi connectivity index (χ0) is 12.0. The summed E-state index contributed by atoms with van der Waals surface area (Å²) in [6.45, 7) is 0.673. The minimum Gasteiger partial charge on any atom is -0.468 e. The summed E-state index contributed by atoms with van der Waals surface area (Å²) in [5.74, 6) is -1.03. The van der Waals surface area contributed by atoms with Crippen LogP contribution in [0.4, 0.5) is 0 Å². The Hall–Kier alpha value is -0.750. The van der Waals surface area contributed by atoms with E-state index in [9.17, 15) is 9.59 Å². The van der Waals surface area contributed by atoms with Gasteiger partial charge in [-0.25, -0.2) is 0 Å². The smallest absolute Gasteiger partial charge is 0.320 e. The molecule has 92 valence electrons. The van der Waals surface area contributed by atoms with E-state index in [0.717, 1.165) is 12.2 Å². The van der Waals surface area contributed by atoms with E-state index in [2.05, 4.69) is 9.47 Å². The maximum absolute atomic E-state index is 11.4. The van der Waals surface area contributed by atoms with Crippen molar-refractivity contribution in [3.63, 3.8) is 0 Å². The highest BCUT2D eigenvalue weighted by Crippen LogP contribution is 2.26. The topological polar surface area (TPSA) is 61.8 Å². The van der Waals surface area contributed by atoms with Gasteiger partial charge in [0.2, 0.25) is 0 Å². The molecule has 1 unspecified atom stereocenters. The van der Waals surface area contributed by atoms with Crippen molar-refractivity contribution < 1.29 is 23.8 Å². The molecule has 0 saturated carbocycles. The van der Waals surface area contributed by atoms with Crippen LogP contribution in [0.25, 0.3) is 0 Å². The van der Waals surface area contributed by atoms with Gasteiger partial charge in [0, 0.05) is 13.0 Å². The normalized spacial score (nSPS) is 20.6. The highest BCUT2D eigenvalue weighted by Gasteiger charge is 2.32. The molecule has 1 fully saturated rings. The lowest BCUT2D eigenvalue weighted by atomic mass is 10.1. The van der Waals surface area contributed by atoms with E-state index in [1.54, 1.807) is 11.8 Å². The van der Waals surface area contributed by atoms with Crippen LogP contribution in [0.1, 0.15) is 12.8 Å². The van der Waals surface area contributed by atoms with Gasteiger partial charge >= 0.3 is 11.9 Å². The maximum atomic E-state index is 11.4. The van der Waals surface area contributed by atoms with Crippen molar-refractivity contribution >= 4 is 23.7 Å². The van der Waals surface area contributed by atoms with Crippen LogP contribution in [-0.2, 0) is 23.8 Å². The van der Waals surface area contributed by atoms with Gasteiger partial charge < -0.3 is 14.2 Å². The minimum absolute atomic E-state index is 0.128. The highest BCUT2D eigenvalue weighted by molar-refractivity contribution is 7.99. The van der Waals surface area contributed by atoms with Gasteiger partial charge in [-0.1, -0.05) is 0 Å². The second kappa shape index (κ2) is 6.75. The quantitative estimate of drug-likeness (QED) is 0.542. The fourth-order valence-corrected chi connectivity index (χ4v) is 2.51. The molecule has 6 heteroatoms. The van der Waals surface area contributed by atoms with E-state index < -0.39 is 17.9 Å². The number of hydrogen-bond donors (Lipinski definition) is 0. The van der Waals surface area contributed by atoms with Crippen molar-refractivity contribution in [2.45, 2.75) is 18.3 Å². The first-order valence-corrected chi connectivity index (χ1v) is 6.12. The lowest BCUT2D eigenvalue weighted by molar-refractivity contribution is -0.160. The number of carbonyl (C=O) groups is 2. The molecular formula is C10H16O5S. The molecule has 0 spiro atoms. The Morgan fingerprint density at radius 1 is 1.38 bits per heavy atom. The largest absolute Gasteiger partial charge is 0.468 e. The molecule has 1 rings (SSSR count). The maximum Gasteiger partial charge on any atom is 0.320 e. The molecule has 1 aliphatic rings. The number of esters is 2. The zero-order valence-corrected chi connectivity index (χ0v) is 10.2. The van der Waals surface area contributed by atoms with Crippen molar-refractivity contribution in [2.75, 3.05) is 26.6 Å². The van der Waals surface area contributed by atoms with Gasteiger partial charge in [-0.15, -0.1) is 11.8 Å². The van der Waals surface area contributed by atoms with E-state index in [0.29, 0.717) is 13.0 Å². The zero-order valence-electron chi connectivity index (χ0n) is 9.43. The summed E-state index contributed by atoms with van der Waals surface area (Å²) in [4.78, 5) is 22.8. The van der Waals surface area contributed by atoms with Crippen LogP contribution in [0.15, 0.2) is 0 Å². The molecule has 5 nitrogen and oxygen atoms in total. The lowest BCUT2D eigenvalue weighted by Crippen LogP contribution is -2.31. The predicted molar refractivity (Wildman–Crippen MR) is 59.0 cm³/mol. The Kier molecular flexibility index (Phi) is 5.62. The van der Waals surface area contributed by atoms with Crippen molar-refractivity contribution in [3.8, 4) is 0 Å². The molecule has 0 bridgehead atoms. The van der Waals surface area contributed by atoms with Gasteiger partial charge in [0.25, 0.3) is 0 Å². The summed E-state index contributed by atoms with van der Waals surface area (Å²) in [6.07, 6.45) is 1.31. The molecule has 1 aliphatic heterocycles. The molecule has 0 amide bonds. The highest BCUT2D eigenvalue weighted by atomic mass is 32.2.